The second-order valence-electron chi connectivity index (χ2n) is 2.35. The minimum atomic E-state index is -4.53. The maximum Gasteiger partial charge on any atom is 0.433 e. The molecular weight excluding hydrogens is 249 g/mol. The number of terminal acetylenes is 1. The third kappa shape index (κ3) is 3.61. The zero-order chi connectivity index (χ0) is 11.5. The minimum absolute atomic E-state index is 0.0761. The monoisotopic (exact) mass is 252 g/mol. The Morgan fingerprint density at radius 3 is 2.67 bits per heavy atom. The van der Waals surface area contributed by atoms with Gasteiger partial charge in [0.15, 0.2) is 10.9 Å². The van der Waals surface area contributed by atoms with E-state index < -0.39 is 11.9 Å². The minimum Gasteiger partial charge on any atom is -0.218 e. The Morgan fingerprint density at radius 1 is 1.47 bits per heavy atom. The van der Waals surface area contributed by atoms with Crippen molar-refractivity contribution in [2.24, 2.45) is 0 Å². The lowest BCUT2D eigenvalue weighted by Crippen LogP contribution is -2.09. The van der Waals surface area contributed by atoms with E-state index in [4.69, 9.17) is 18.0 Å². The summed E-state index contributed by atoms with van der Waals surface area (Å²) < 4.78 is 36.8. The van der Waals surface area contributed by atoms with Crippen LogP contribution < -0.4 is 0 Å². The van der Waals surface area contributed by atoms with Gasteiger partial charge < -0.3 is 0 Å². The van der Waals surface area contributed by atoms with Gasteiger partial charge in [-0.25, -0.2) is 9.97 Å². The van der Waals surface area contributed by atoms with Crippen LogP contribution >= 0.6 is 23.4 Å². The summed E-state index contributed by atoms with van der Waals surface area (Å²) in [5, 5.41) is -0.329. The van der Waals surface area contributed by atoms with Gasteiger partial charge >= 0.3 is 6.18 Å². The van der Waals surface area contributed by atoms with Crippen LogP contribution in [0.15, 0.2) is 11.2 Å². The number of thioether (sulfide) groups is 1. The lowest BCUT2D eigenvalue weighted by molar-refractivity contribution is -0.141. The molecule has 15 heavy (non-hydrogen) atoms. The van der Waals surface area contributed by atoms with Crippen molar-refractivity contribution in [1.29, 1.82) is 0 Å². The van der Waals surface area contributed by atoms with Gasteiger partial charge in [0.05, 0.1) is 5.75 Å². The largest absolute Gasteiger partial charge is 0.433 e. The zero-order valence-corrected chi connectivity index (χ0v) is 8.75. The first-order chi connectivity index (χ1) is 6.93. The molecule has 1 aromatic heterocycles. The molecule has 0 aromatic carbocycles. The molecule has 0 saturated carbocycles. The predicted molar refractivity (Wildman–Crippen MR) is 51.6 cm³/mol. The number of aromatic nitrogens is 2. The van der Waals surface area contributed by atoms with Crippen LogP contribution in [0.4, 0.5) is 13.2 Å². The summed E-state index contributed by atoms with van der Waals surface area (Å²) in [6, 6.07) is 0.668. The quantitative estimate of drug-likeness (QED) is 0.350. The van der Waals surface area contributed by atoms with E-state index in [-0.39, 0.29) is 16.1 Å². The summed E-state index contributed by atoms with van der Waals surface area (Å²) in [4.78, 5) is 6.90. The average molecular weight is 253 g/mol. The van der Waals surface area contributed by atoms with E-state index in [1.54, 1.807) is 0 Å². The average Bonchev–Trinajstić information content (AvgIpc) is 2.12. The fourth-order valence-corrected chi connectivity index (χ4v) is 1.48. The Kier molecular flexibility index (Phi) is 3.83. The normalized spacial score (nSPS) is 11.1. The molecule has 0 unspecified atom stereocenters. The summed E-state index contributed by atoms with van der Waals surface area (Å²) in [7, 11) is 0. The van der Waals surface area contributed by atoms with Crippen molar-refractivity contribution in [2.75, 3.05) is 5.75 Å². The fraction of sp³-hybridized carbons (Fsp3) is 0.250. The van der Waals surface area contributed by atoms with Crippen molar-refractivity contribution < 1.29 is 13.2 Å². The molecule has 80 valence electrons. The smallest absolute Gasteiger partial charge is 0.218 e. The Morgan fingerprint density at radius 2 is 2.13 bits per heavy atom. The molecule has 1 heterocycles. The highest BCUT2D eigenvalue weighted by atomic mass is 35.5. The number of rotatable bonds is 2. The summed E-state index contributed by atoms with van der Waals surface area (Å²) in [6.45, 7) is 0. The third-order valence-corrected chi connectivity index (χ3v) is 2.19. The first-order valence-corrected chi connectivity index (χ1v) is 4.98. The first-order valence-electron chi connectivity index (χ1n) is 3.61. The van der Waals surface area contributed by atoms with Crippen LogP contribution in [0.1, 0.15) is 5.69 Å². The van der Waals surface area contributed by atoms with E-state index in [0.717, 1.165) is 11.8 Å². The van der Waals surface area contributed by atoms with Crippen molar-refractivity contribution in [3.63, 3.8) is 0 Å². The highest BCUT2D eigenvalue weighted by Gasteiger charge is 2.33. The Labute approximate surface area is 93.3 Å². The van der Waals surface area contributed by atoms with Crippen LogP contribution in [0.25, 0.3) is 0 Å². The maximum absolute atomic E-state index is 12.3. The molecule has 0 amide bonds. The molecule has 0 aliphatic rings. The third-order valence-electron chi connectivity index (χ3n) is 1.25. The SMILES string of the molecule is C#CCSc1nc(Cl)cc(C(F)(F)F)n1. The van der Waals surface area contributed by atoms with Gasteiger partial charge in [0.2, 0.25) is 0 Å². The summed E-state index contributed by atoms with van der Waals surface area (Å²) >= 11 is 6.34. The first kappa shape index (κ1) is 12.1. The van der Waals surface area contributed by atoms with Crippen LogP contribution in [-0.4, -0.2) is 15.7 Å². The number of hydrogen-bond acceptors (Lipinski definition) is 3. The van der Waals surface area contributed by atoms with Crippen molar-refractivity contribution in [1.82, 2.24) is 9.97 Å². The topological polar surface area (TPSA) is 25.8 Å². The van der Waals surface area contributed by atoms with E-state index in [1.807, 2.05) is 0 Å². The summed E-state index contributed by atoms with van der Waals surface area (Å²) in [6.07, 6.45) is 0.427. The second-order valence-corrected chi connectivity index (χ2v) is 3.68. The van der Waals surface area contributed by atoms with Gasteiger partial charge in [-0.2, -0.15) is 13.2 Å². The van der Waals surface area contributed by atoms with Gasteiger partial charge in [0.25, 0.3) is 0 Å². The van der Waals surface area contributed by atoms with Crippen LogP contribution in [0.3, 0.4) is 0 Å². The highest BCUT2D eigenvalue weighted by molar-refractivity contribution is 7.99. The number of nitrogens with zero attached hydrogens (tertiary/aromatic N) is 2. The lowest BCUT2D eigenvalue weighted by Gasteiger charge is -2.06. The fourth-order valence-electron chi connectivity index (χ4n) is 0.713. The summed E-state index contributed by atoms with van der Waals surface area (Å²) in [5.41, 5.74) is -1.07. The van der Waals surface area contributed by atoms with Gasteiger partial charge in [0.1, 0.15) is 5.15 Å². The highest BCUT2D eigenvalue weighted by Crippen LogP contribution is 2.30. The van der Waals surface area contributed by atoms with Crippen LogP contribution in [0.5, 0.6) is 0 Å². The van der Waals surface area contributed by atoms with Gasteiger partial charge in [-0.3, -0.25) is 0 Å². The van der Waals surface area contributed by atoms with Crippen LogP contribution in [0, 0.1) is 12.3 Å². The second kappa shape index (κ2) is 4.73. The predicted octanol–water partition coefficient (Wildman–Crippen LogP) is 2.87. The van der Waals surface area contributed by atoms with Crippen LogP contribution in [-0.2, 0) is 6.18 Å². The summed E-state index contributed by atoms with van der Waals surface area (Å²) in [5.74, 6) is 2.44. The van der Waals surface area contributed by atoms with Gasteiger partial charge in [0, 0.05) is 6.07 Å². The molecule has 0 fully saturated rings. The van der Waals surface area contributed by atoms with Gasteiger partial charge in [-0.15, -0.1) is 6.42 Å². The molecule has 0 radical (unpaired) electrons. The Balaban J connectivity index is 3.01. The Hall–Kier alpha value is -0.930. The van der Waals surface area contributed by atoms with Crippen molar-refractivity contribution >= 4 is 23.4 Å². The molecule has 0 N–H and O–H groups in total. The molecule has 0 aliphatic heterocycles. The molecule has 1 aromatic rings. The van der Waals surface area contributed by atoms with E-state index in [0.29, 0.717) is 6.07 Å². The molecule has 0 spiro atoms. The van der Waals surface area contributed by atoms with E-state index in [2.05, 4.69) is 15.9 Å². The van der Waals surface area contributed by atoms with Crippen molar-refractivity contribution in [3.05, 3.63) is 16.9 Å². The molecular formula is C8H4ClF3N2S. The number of halogens is 4. The molecule has 0 bridgehead atoms. The standard InChI is InChI=1S/C8H4ClF3N2S/c1-2-3-15-7-13-5(8(10,11)12)4-6(9)14-7/h1,4H,3H2. The molecule has 0 atom stereocenters. The lowest BCUT2D eigenvalue weighted by atomic mass is 10.4. The van der Waals surface area contributed by atoms with Crippen molar-refractivity contribution in [3.8, 4) is 12.3 Å². The maximum atomic E-state index is 12.3. The van der Waals surface area contributed by atoms with E-state index in [9.17, 15) is 13.2 Å². The molecule has 0 aliphatic carbocycles. The Bertz CT molecular complexity index is 400. The molecule has 0 saturated heterocycles. The molecule has 7 heteroatoms. The van der Waals surface area contributed by atoms with Crippen LogP contribution in [0.2, 0.25) is 5.15 Å². The van der Waals surface area contributed by atoms with Gasteiger partial charge in [-0.05, 0) is 0 Å². The molecule has 1 rings (SSSR count). The number of hydrogen-bond donors (Lipinski definition) is 0. The zero-order valence-electron chi connectivity index (χ0n) is 7.18. The van der Waals surface area contributed by atoms with E-state index >= 15 is 0 Å². The van der Waals surface area contributed by atoms with E-state index in [1.165, 1.54) is 0 Å². The van der Waals surface area contributed by atoms with Crippen molar-refractivity contribution in [2.45, 2.75) is 11.3 Å². The van der Waals surface area contributed by atoms with Gasteiger partial charge in [-0.1, -0.05) is 29.3 Å². The molecule has 2 nitrogen and oxygen atoms in total. The number of alkyl halides is 3.